The van der Waals surface area contributed by atoms with Gasteiger partial charge in [-0.05, 0) is 49.1 Å². The molecule has 0 aliphatic carbocycles. The molecule has 0 saturated carbocycles. The highest BCUT2D eigenvalue weighted by Crippen LogP contribution is 2.30. The highest BCUT2D eigenvalue weighted by atomic mass is 19.1. The van der Waals surface area contributed by atoms with Crippen molar-refractivity contribution in [1.29, 1.82) is 0 Å². The molecule has 4 rings (SSSR count). The number of nitrogens with zero attached hydrogens (tertiary/aromatic N) is 4. The summed E-state index contributed by atoms with van der Waals surface area (Å²) in [5.74, 6) is 0.732. The predicted octanol–water partition coefficient (Wildman–Crippen LogP) is 3.95. The van der Waals surface area contributed by atoms with Crippen molar-refractivity contribution in [3.8, 4) is 22.6 Å². The van der Waals surface area contributed by atoms with Crippen molar-refractivity contribution in [3.05, 3.63) is 48.7 Å². The lowest BCUT2D eigenvalue weighted by molar-refractivity contribution is 0.0699. The molecule has 8 heteroatoms. The van der Waals surface area contributed by atoms with Crippen molar-refractivity contribution >= 4 is 5.95 Å². The van der Waals surface area contributed by atoms with Gasteiger partial charge in [0.2, 0.25) is 5.95 Å². The average molecular weight is 399 g/mol. The van der Waals surface area contributed by atoms with Crippen molar-refractivity contribution in [2.45, 2.75) is 19.4 Å². The van der Waals surface area contributed by atoms with E-state index in [1.54, 1.807) is 35.3 Å². The molecule has 1 aliphatic rings. The fourth-order valence-electron chi connectivity index (χ4n) is 3.49. The zero-order chi connectivity index (χ0) is 20.1. The summed E-state index contributed by atoms with van der Waals surface area (Å²) in [5.41, 5.74) is 2.70. The third-order valence-electron chi connectivity index (χ3n) is 5.07. The molecule has 152 valence electrons. The van der Waals surface area contributed by atoms with Crippen molar-refractivity contribution in [2.75, 3.05) is 31.7 Å². The normalized spacial score (nSPS) is 14.8. The van der Waals surface area contributed by atoms with E-state index in [1.807, 2.05) is 0 Å². The van der Waals surface area contributed by atoms with Crippen molar-refractivity contribution in [3.63, 3.8) is 0 Å². The number of hydrogen-bond acceptors (Lipinski definition) is 5. The molecule has 0 radical (unpaired) electrons. The van der Waals surface area contributed by atoms with Crippen LogP contribution in [0.5, 0.6) is 0 Å². The van der Waals surface area contributed by atoms with E-state index in [2.05, 4.69) is 20.3 Å². The van der Waals surface area contributed by atoms with Gasteiger partial charge in [-0.3, -0.25) is 0 Å². The van der Waals surface area contributed by atoms with E-state index >= 15 is 0 Å². The third kappa shape index (κ3) is 4.59. The van der Waals surface area contributed by atoms with Crippen LogP contribution in [0.2, 0.25) is 0 Å². The minimum atomic E-state index is -0.522. The number of imidazole rings is 1. The number of hydrogen-bond donors (Lipinski definition) is 1. The van der Waals surface area contributed by atoms with E-state index in [9.17, 15) is 8.78 Å². The van der Waals surface area contributed by atoms with E-state index < -0.39 is 6.67 Å². The molecule has 0 atom stereocenters. The summed E-state index contributed by atoms with van der Waals surface area (Å²) in [6.07, 6.45) is 5.30. The molecule has 6 nitrogen and oxygen atoms in total. The van der Waals surface area contributed by atoms with Crippen LogP contribution < -0.4 is 5.32 Å². The maximum absolute atomic E-state index is 13.3. The van der Waals surface area contributed by atoms with E-state index in [0.29, 0.717) is 28.9 Å². The lowest BCUT2D eigenvalue weighted by Crippen LogP contribution is -2.23. The van der Waals surface area contributed by atoms with Gasteiger partial charge in [0, 0.05) is 31.5 Å². The molecular formula is C21H23F2N5O. The number of benzene rings is 1. The van der Waals surface area contributed by atoms with Gasteiger partial charge in [0.25, 0.3) is 0 Å². The van der Waals surface area contributed by atoms with E-state index in [-0.39, 0.29) is 12.4 Å². The summed E-state index contributed by atoms with van der Waals surface area (Å²) < 4.78 is 33.5. The molecule has 1 aromatic carbocycles. The van der Waals surface area contributed by atoms with Crippen LogP contribution in [0.4, 0.5) is 14.7 Å². The maximum atomic E-state index is 13.3. The average Bonchev–Trinajstić information content (AvgIpc) is 3.18. The summed E-state index contributed by atoms with van der Waals surface area (Å²) in [6, 6.07) is 7.86. The highest BCUT2D eigenvalue weighted by Gasteiger charge is 2.18. The van der Waals surface area contributed by atoms with E-state index in [0.717, 1.165) is 38.2 Å². The van der Waals surface area contributed by atoms with Gasteiger partial charge in [-0.1, -0.05) is 0 Å². The Kier molecular flexibility index (Phi) is 6.09. The second-order valence-corrected chi connectivity index (χ2v) is 7.03. The Labute approximate surface area is 168 Å². The molecule has 1 saturated heterocycles. The largest absolute Gasteiger partial charge is 0.381 e. The molecule has 3 aromatic rings. The Hall–Kier alpha value is -2.87. The van der Waals surface area contributed by atoms with Gasteiger partial charge in [0.05, 0.1) is 30.0 Å². The van der Waals surface area contributed by atoms with Crippen LogP contribution in [-0.2, 0) is 11.3 Å². The Bertz CT molecular complexity index is 938. The molecular weight excluding hydrogens is 376 g/mol. The predicted molar refractivity (Wildman–Crippen MR) is 107 cm³/mol. The first-order valence-corrected chi connectivity index (χ1v) is 9.76. The zero-order valence-electron chi connectivity index (χ0n) is 16.0. The van der Waals surface area contributed by atoms with Gasteiger partial charge in [-0.2, -0.15) is 0 Å². The van der Waals surface area contributed by atoms with E-state index in [1.165, 1.54) is 12.1 Å². The van der Waals surface area contributed by atoms with Gasteiger partial charge in [0.1, 0.15) is 12.5 Å². The fourth-order valence-corrected chi connectivity index (χ4v) is 3.49. The number of aromatic nitrogens is 4. The second kappa shape index (κ2) is 9.09. The Morgan fingerprint density at radius 3 is 2.66 bits per heavy atom. The smallest absolute Gasteiger partial charge is 0.223 e. The SMILES string of the molecule is FCCn1cnc(-c2ccc(F)cc2)c1-c1ccnc(NCC2CCOCC2)n1. The van der Waals surface area contributed by atoms with Crippen molar-refractivity contribution < 1.29 is 13.5 Å². The van der Waals surface area contributed by atoms with Crippen LogP contribution >= 0.6 is 0 Å². The quantitative estimate of drug-likeness (QED) is 0.652. The van der Waals surface area contributed by atoms with Crippen LogP contribution in [0.1, 0.15) is 12.8 Å². The Morgan fingerprint density at radius 1 is 1.10 bits per heavy atom. The lowest BCUT2D eigenvalue weighted by atomic mass is 10.0. The Balaban J connectivity index is 1.62. The van der Waals surface area contributed by atoms with Gasteiger partial charge >= 0.3 is 0 Å². The number of anilines is 1. The number of rotatable bonds is 7. The minimum absolute atomic E-state index is 0.165. The van der Waals surface area contributed by atoms with Gasteiger partial charge in [-0.15, -0.1) is 0 Å². The third-order valence-corrected chi connectivity index (χ3v) is 5.07. The van der Waals surface area contributed by atoms with Crippen LogP contribution in [0.15, 0.2) is 42.9 Å². The molecule has 1 fully saturated rings. The summed E-state index contributed by atoms with van der Waals surface area (Å²) in [6.45, 7) is 2.00. The standard InChI is InChI=1S/C21H23F2N5O/c22-8-10-28-14-26-19(16-1-3-17(23)4-2-16)20(28)18-5-9-24-21(27-18)25-13-15-6-11-29-12-7-15/h1-5,9,14-15H,6-8,10-13H2,(H,24,25,27). The molecule has 1 aliphatic heterocycles. The van der Waals surface area contributed by atoms with Crippen molar-refractivity contribution in [1.82, 2.24) is 19.5 Å². The summed E-state index contributed by atoms with van der Waals surface area (Å²) in [4.78, 5) is 13.4. The highest BCUT2D eigenvalue weighted by molar-refractivity contribution is 5.77. The first-order valence-electron chi connectivity index (χ1n) is 9.76. The molecule has 0 bridgehead atoms. The van der Waals surface area contributed by atoms with Gasteiger partial charge < -0.3 is 14.6 Å². The van der Waals surface area contributed by atoms with Crippen LogP contribution in [0, 0.1) is 11.7 Å². The Morgan fingerprint density at radius 2 is 1.90 bits per heavy atom. The monoisotopic (exact) mass is 399 g/mol. The number of alkyl halides is 1. The fraction of sp³-hybridized carbons (Fsp3) is 0.381. The molecule has 29 heavy (non-hydrogen) atoms. The molecule has 0 amide bonds. The van der Waals surface area contributed by atoms with Gasteiger partial charge in [0.15, 0.2) is 0 Å². The second-order valence-electron chi connectivity index (χ2n) is 7.03. The molecule has 0 unspecified atom stereocenters. The summed E-state index contributed by atoms with van der Waals surface area (Å²) >= 11 is 0. The lowest BCUT2D eigenvalue weighted by Gasteiger charge is -2.22. The summed E-state index contributed by atoms with van der Waals surface area (Å²) in [7, 11) is 0. The number of nitrogens with one attached hydrogen (secondary N) is 1. The van der Waals surface area contributed by atoms with E-state index in [4.69, 9.17) is 4.74 Å². The molecule has 2 aromatic heterocycles. The van der Waals surface area contributed by atoms with Crippen LogP contribution in [0.25, 0.3) is 22.6 Å². The molecule has 3 heterocycles. The van der Waals surface area contributed by atoms with Crippen molar-refractivity contribution in [2.24, 2.45) is 5.92 Å². The number of halogens is 2. The van der Waals surface area contributed by atoms with Crippen LogP contribution in [-0.4, -0.2) is 46.0 Å². The topological polar surface area (TPSA) is 64.9 Å². The summed E-state index contributed by atoms with van der Waals surface area (Å²) in [5, 5.41) is 3.30. The molecule has 0 spiro atoms. The maximum Gasteiger partial charge on any atom is 0.223 e. The zero-order valence-corrected chi connectivity index (χ0v) is 16.0. The number of aryl methyl sites for hydroxylation is 1. The first-order chi connectivity index (χ1) is 14.2. The molecule has 1 N–H and O–H groups in total. The first kappa shape index (κ1) is 19.4. The van der Waals surface area contributed by atoms with Crippen LogP contribution in [0.3, 0.4) is 0 Å². The number of ether oxygens (including phenoxy) is 1. The minimum Gasteiger partial charge on any atom is -0.381 e. The van der Waals surface area contributed by atoms with Gasteiger partial charge in [-0.25, -0.2) is 23.7 Å².